The molecule has 0 fully saturated rings. The molecule has 0 saturated carbocycles. The lowest BCUT2D eigenvalue weighted by Gasteiger charge is -2.23. The summed E-state index contributed by atoms with van der Waals surface area (Å²) in [6.45, 7) is 6.88. The topological polar surface area (TPSA) is 55.4 Å². The van der Waals surface area contributed by atoms with E-state index >= 15 is 0 Å². The number of carbonyl (C=O) groups excluding carboxylic acids is 2. The van der Waals surface area contributed by atoms with Crippen molar-refractivity contribution in [2.75, 3.05) is 0 Å². The van der Waals surface area contributed by atoms with Gasteiger partial charge < -0.3 is 10.1 Å². The summed E-state index contributed by atoms with van der Waals surface area (Å²) >= 11 is 3.15. The molecule has 0 aliphatic heterocycles. The fraction of sp³-hybridized carbons (Fsp3) is 0.429. The summed E-state index contributed by atoms with van der Waals surface area (Å²) in [5, 5.41) is 2.68. The van der Waals surface area contributed by atoms with Crippen molar-refractivity contribution in [2.45, 2.75) is 39.3 Å². The van der Waals surface area contributed by atoms with Gasteiger partial charge in [-0.1, -0.05) is 15.9 Å². The van der Waals surface area contributed by atoms with Crippen LogP contribution in [-0.2, 0) is 9.53 Å². The minimum atomic E-state index is -1.000. The predicted octanol–water partition coefficient (Wildman–Crippen LogP) is 3.05. The molecule has 0 unspecified atom stereocenters. The fourth-order valence-corrected chi connectivity index (χ4v) is 1.76. The molecule has 1 aromatic rings. The van der Waals surface area contributed by atoms with Gasteiger partial charge in [0, 0.05) is 10.0 Å². The first-order valence-electron chi connectivity index (χ1n) is 6.08. The minimum absolute atomic E-state index is 0.213. The highest BCUT2D eigenvalue weighted by Crippen LogP contribution is 2.17. The van der Waals surface area contributed by atoms with Crippen molar-refractivity contribution in [1.29, 1.82) is 0 Å². The molecule has 1 N–H and O–H groups in total. The van der Waals surface area contributed by atoms with E-state index in [0.717, 1.165) is 6.07 Å². The summed E-state index contributed by atoms with van der Waals surface area (Å²) in [6, 6.07) is 3.94. The standard InChI is InChI=1S/C14H17BrFNO3/c1-8(12(18)17-14(2,3)4)20-13(19)10-7-9(15)5-6-11(10)16/h5-8H,1-4H3,(H,17,18)/t8-/m0/s1. The molecule has 0 aromatic heterocycles. The maximum Gasteiger partial charge on any atom is 0.341 e. The third-order valence-corrected chi connectivity index (χ3v) is 2.79. The highest BCUT2D eigenvalue weighted by Gasteiger charge is 2.24. The summed E-state index contributed by atoms with van der Waals surface area (Å²) < 4.78 is 19.0. The molecular weight excluding hydrogens is 329 g/mol. The molecular formula is C14H17BrFNO3. The van der Waals surface area contributed by atoms with Crippen LogP contribution in [0.5, 0.6) is 0 Å². The van der Waals surface area contributed by atoms with Gasteiger partial charge in [-0.15, -0.1) is 0 Å². The van der Waals surface area contributed by atoms with E-state index < -0.39 is 29.3 Å². The second-order valence-electron chi connectivity index (χ2n) is 5.41. The van der Waals surface area contributed by atoms with E-state index in [4.69, 9.17) is 4.74 Å². The van der Waals surface area contributed by atoms with Crippen LogP contribution in [0.25, 0.3) is 0 Å². The van der Waals surface area contributed by atoms with Gasteiger partial charge >= 0.3 is 5.97 Å². The number of hydrogen-bond donors (Lipinski definition) is 1. The Morgan fingerprint density at radius 1 is 1.35 bits per heavy atom. The lowest BCUT2D eigenvalue weighted by atomic mass is 10.1. The maximum absolute atomic E-state index is 13.5. The molecule has 1 rings (SSSR count). The van der Waals surface area contributed by atoms with E-state index in [0.29, 0.717) is 4.47 Å². The first-order valence-corrected chi connectivity index (χ1v) is 6.87. The third-order valence-electron chi connectivity index (χ3n) is 2.30. The highest BCUT2D eigenvalue weighted by molar-refractivity contribution is 9.10. The Kier molecular flexibility index (Phi) is 5.28. The van der Waals surface area contributed by atoms with Crippen molar-refractivity contribution in [3.05, 3.63) is 34.1 Å². The lowest BCUT2D eigenvalue weighted by Crippen LogP contribution is -2.46. The van der Waals surface area contributed by atoms with Crippen LogP contribution < -0.4 is 5.32 Å². The Balaban J connectivity index is 2.75. The van der Waals surface area contributed by atoms with E-state index in [1.165, 1.54) is 19.1 Å². The van der Waals surface area contributed by atoms with Crippen molar-refractivity contribution in [3.8, 4) is 0 Å². The van der Waals surface area contributed by atoms with E-state index in [2.05, 4.69) is 21.2 Å². The van der Waals surface area contributed by atoms with Gasteiger partial charge in [0.25, 0.3) is 5.91 Å². The van der Waals surface area contributed by atoms with E-state index in [1.807, 2.05) is 20.8 Å². The molecule has 110 valence electrons. The Morgan fingerprint density at radius 2 is 1.95 bits per heavy atom. The van der Waals surface area contributed by atoms with Crippen molar-refractivity contribution in [1.82, 2.24) is 5.32 Å². The number of benzene rings is 1. The first kappa shape index (κ1) is 16.6. The first-order chi connectivity index (χ1) is 9.10. The number of carbonyl (C=O) groups is 2. The predicted molar refractivity (Wildman–Crippen MR) is 76.9 cm³/mol. The van der Waals surface area contributed by atoms with Gasteiger partial charge in [0.05, 0.1) is 5.56 Å². The highest BCUT2D eigenvalue weighted by atomic mass is 79.9. The van der Waals surface area contributed by atoms with Crippen LogP contribution >= 0.6 is 15.9 Å². The van der Waals surface area contributed by atoms with Crippen LogP contribution in [0, 0.1) is 5.82 Å². The molecule has 1 atom stereocenters. The fourth-order valence-electron chi connectivity index (χ4n) is 1.40. The smallest absolute Gasteiger partial charge is 0.341 e. The SMILES string of the molecule is C[C@H](OC(=O)c1cc(Br)ccc1F)C(=O)NC(C)(C)C. The maximum atomic E-state index is 13.5. The van der Waals surface area contributed by atoms with Gasteiger partial charge in [-0.3, -0.25) is 4.79 Å². The molecule has 0 spiro atoms. The van der Waals surface area contributed by atoms with Gasteiger partial charge in [0.1, 0.15) is 5.82 Å². The number of nitrogens with one attached hydrogen (secondary N) is 1. The largest absolute Gasteiger partial charge is 0.449 e. The quantitative estimate of drug-likeness (QED) is 0.856. The van der Waals surface area contributed by atoms with Crippen molar-refractivity contribution in [3.63, 3.8) is 0 Å². The van der Waals surface area contributed by atoms with E-state index in [9.17, 15) is 14.0 Å². The summed E-state index contributed by atoms with van der Waals surface area (Å²) in [5.74, 6) is -2.00. The normalized spacial score (nSPS) is 12.7. The molecule has 20 heavy (non-hydrogen) atoms. The Morgan fingerprint density at radius 3 is 2.50 bits per heavy atom. The number of hydrogen-bond acceptors (Lipinski definition) is 3. The van der Waals surface area contributed by atoms with Gasteiger partial charge in [-0.05, 0) is 45.9 Å². The van der Waals surface area contributed by atoms with Gasteiger partial charge in [-0.25, -0.2) is 9.18 Å². The zero-order chi connectivity index (χ0) is 15.5. The molecule has 4 nitrogen and oxygen atoms in total. The van der Waals surface area contributed by atoms with Gasteiger partial charge in [-0.2, -0.15) is 0 Å². The second-order valence-corrected chi connectivity index (χ2v) is 6.33. The number of ether oxygens (including phenoxy) is 1. The molecule has 1 amide bonds. The molecule has 0 saturated heterocycles. The van der Waals surface area contributed by atoms with Crippen molar-refractivity contribution >= 4 is 27.8 Å². The average Bonchev–Trinajstić information content (AvgIpc) is 2.29. The summed E-state index contributed by atoms with van der Waals surface area (Å²) in [5.41, 5.74) is -0.645. The van der Waals surface area contributed by atoms with Crippen LogP contribution in [0.3, 0.4) is 0 Å². The van der Waals surface area contributed by atoms with Crippen LogP contribution in [0.4, 0.5) is 4.39 Å². The monoisotopic (exact) mass is 345 g/mol. The second kappa shape index (κ2) is 6.35. The van der Waals surface area contributed by atoms with Crippen LogP contribution in [-0.4, -0.2) is 23.5 Å². The molecule has 0 aliphatic carbocycles. The molecule has 0 heterocycles. The summed E-state index contributed by atoms with van der Waals surface area (Å²) in [4.78, 5) is 23.6. The van der Waals surface area contributed by atoms with E-state index in [-0.39, 0.29) is 5.56 Å². The lowest BCUT2D eigenvalue weighted by molar-refractivity contribution is -0.130. The zero-order valence-corrected chi connectivity index (χ0v) is 13.4. The van der Waals surface area contributed by atoms with Crippen molar-refractivity contribution < 1.29 is 18.7 Å². The number of rotatable bonds is 3. The van der Waals surface area contributed by atoms with Crippen LogP contribution in [0.1, 0.15) is 38.1 Å². The number of halogens is 2. The number of amides is 1. The molecule has 6 heteroatoms. The average molecular weight is 346 g/mol. The Hall–Kier alpha value is -1.43. The third kappa shape index (κ3) is 4.92. The Bertz CT molecular complexity index is 526. The van der Waals surface area contributed by atoms with Gasteiger partial charge in [0.15, 0.2) is 6.10 Å². The molecule has 0 aliphatic rings. The molecule has 0 bridgehead atoms. The van der Waals surface area contributed by atoms with E-state index in [1.54, 1.807) is 0 Å². The molecule has 0 radical (unpaired) electrons. The summed E-state index contributed by atoms with van der Waals surface area (Å²) in [6.07, 6.45) is -1.000. The number of esters is 1. The van der Waals surface area contributed by atoms with Crippen LogP contribution in [0.2, 0.25) is 0 Å². The van der Waals surface area contributed by atoms with Crippen molar-refractivity contribution in [2.24, 2.45) is 0 Å². The molecule has 1 aromatic carbocycles. The Labute approximate surface area is 125 Å². The van der Waals surface area contributed by atoms with Crippen LogP contribution in [0.15, 0.2) is 22.7 Å². The summed E-state index contributed by atoms with van der Waals surface area (Å²) in [7, 11) is 0. The zero-order valence-electron chi connectivity index (χ0n) is 11.8. The van der Waals surface area contributed by atoms with Gasteiger partial charge in [0.2, 0.25) is 0 Å². The minimum Gasteiger partial charge on any atom is -0.449 e.